The van der Waals surface area contributed by atoms with Gasteiger partial charge in [0.25, 0.3) is 0 Å². The van der Waals surface area contributed by atoms with Crippen molar-refractivity contribution in [1.82, 2.24) is 10.6 Å². The molecule has 0 amide bonds. The maximum absolute atomic E-state index is 10.1. The second-order valence-electron chi connectivity index (χ2n) is 4.15. The molecule has 0 aliphatic carbocycles. The molecular formula is C12H16BrN3O. The molecule has 0 spiro atoms. The van der Waals surface area contributed by atoms with Crippen LogP contribution >= 0.6 is 15.9 Å². The van der Waals surface area contributed by atoms with Crippen molar-refractivity contribution in [2.45, 2.75) is 19.1 Å². The number of guanidine groups is 1. The smallest absolute Gasteiger partial charge is 0.191 e. The quantitative estimate of drug-likeness (QED) is 0.791. The molecule has 1 heterocycles. The van der Waals surface area contributed by atoms with Crippen LogP contribution in [0.15, 0.2) is 33.7 Å². The van der Waals surface area contributed by atoms with E-state index in [4.69, 9.17) is 0 Å². The summed E-state index contributed by atoms with van der Waals surface area (Å²) in [6.07, 6.45) is -0.550. The van der Waals surface area contributed by atoms with Crippen LogP contribution in [-0.4, -0.2) is 30.2 Å². The predicted molar refractivity (Wildman–Crippen MR) is 72.0 cm³/mol. The number of aliphatic hydroxyl groups is 1. The van der Waals surface area contributed by atoms with E-state index in [1.807, 2.05) is 24.3 Å². The standard InChI is InChI=1S/C12H16BrN3O/c1-8-6-14-12(16-8)15-7-11(17)9-4-2-3-5-10(9)13/h2-5,8,11,17H,6-7H2,1H3,(H2,14,15,16). The number of aliphatic imine (C=N–C) groups is 1. The maximum Gasteiger partial charge on any atom is 0.191 e. The molecule has 0 saturated heterocycles. The van der Waals surface area contributed by atoms with Gasteiger partial charge >= 0.3 is 0 Å². The number of nitrogens with zero attached hydrogens (tertiary/aromatic N) is 1. The first-order chi connectivity index (χ1) is 8.16. The fraction of sp³-hybridized carbons (Fsp3) is 0.417. The molecule has 1 aliphatic rings. The van der Waals surface area contributed by atoms with E-state index in [2.05, 4.69) is 38.5 Å². The Labute approximate surface area is 109 Å². The largest absolute Gasteiger partial charge is 0.387 e. The first-order valence-electron chi connectivity index (χ1n) is 5.64. The third-order valence-corrected chi connectivity index (χ3v) is 3.36. The van der Waals surface area contributed by atoms with Gasteiger partial charge in [-0.05, 0) is 18.6 Å². The van der Waals surface area contributed by atoms with Gasteiger partial charge in [-0.1, -0.05) is 34.1 Å². The van der Waals surface area contributed by atoms with Gasteiger partial charge in [0.05, 0.1) is 12.6 Å². The van der Waals surface area contributed by atoms with E-state index in [9.17, 15) is 5.11 Å². The number of nitrogens with one attached hydrogen (secondary N) is 2. The number of aliphatic hydroxyl groups excluding tert-OH is 1. The molecule has 0 bridgehead atoms. The molecule has 5 heteroatoms. The van der Waals surface area contributed by atoms with Crippen LogP contribution in [0.25, 0.3) is 0 Å². The third kappa shape index (κ3) is 3.20. The lowest BCUT2D eigenvalue weighted by atomic mass is 10.1. The van der Waals surface area contributed by atoms with Crippen LogP contribution in [0.2, 0.25) is 0 Å². The van der Waals surface area contributed by atoms with E-state index < -0.39 is 6.10 Å². The molecule has 3 N–H and O–H groups in total. The lowest BCUT2D eigenvalue weighted by molar-refractivity contribution is 0.180. The highest BCUT2D eigenvalue weighted by Gasteiger charge is 2.15. The van der Waals surface area contributed by atoms with E-state index in [1.165, 1.54) is 0 Å². The fourth-order valence-electron chi connectivity index (χ4n) is 1.71. The Morgan fingerprint density at radius 2 is 2.35 bits per heavy atom. The SMILES string of the molecule is CC1CN=C(NCC(O)c2ccccc2Br)N1. The number of hydrogen-bond donors (Lipinski definition) is 3. The molecule has 1 aromatic rings. The van der Waals surface area contributed by atoms with Crippen LogP contribution < -0.4 is 10.6 Å². The lowest BCUT2D eigenvalue weighted by Gasteiger charge is -2.15. The number of halogens is 1. The Balaban J connectivity index is 1.90. The first kappa shape index (κ1) is 12.4. The second kappa shape index (κ2) is 5.51. The predicted octanol–water partition coefficient (Wildman–Crippen LogP) is 1.42. The molecule has 0 radical (unpaired) electrons. The van der Waals surface area contributed by atoms with Crippen molar-refractivity contribution < 1.29 is 5.11 Å². The summed E-state index contributed by atoms with van der Waals surface area (Å²) in [6.45, 7) is 3.30. The van der Waals surface area contributed by atoms with E-state index in [1.54, 1.807) is 0 Å². The topological polar surface area (TPSA) is 56.7 Å². The minimum atomic E-state index is -0.550. The van der Waals surface area contributed by atoms with E-state index in [0.717, 1.165) is 22.5 Å². The molecule has 2 atom stereocenters. The molecule has 17 heavy (non-hydrogen) atoms. The molecule has 1 aromatic carbocycles. The zero-order valence-corrected chi connectivity index (χ0v) is 11.2. The third-order valence-electron chi connectivity index (χ3n) is 2.63. The molecule has 1 aliphatic heterocycles. The first-order valence-corrected chi connectivity index (χ1v) is 6.43. The van der Waals surface area contributed by atoms with Crippen LogP contribution in [0.1, 0.15) is 18.6 Å². The highest BCUT2D eigenvalue weighted by molar-refractivity contribution is 9.10. The summed E-state index contributed by atoms with van der Waals surface area (Å²) in [4.78, 5) is 4.28. The van der Waals surface area contributed by atoms with E-state index >= 15 is 0 Å². The average Bonchev–Trinajstić information content (AvgIpc) is 2.73. The van der Waals surface area contributed by atoms with Gasteiger partial charge in [0.15, 0.2) is 5.96 Å². The van der Waals surface area contributed by atoms with Gasteiger partial charge in [0.2, 0.25) is 0 Å². The highest BCUT2D eigenvalue weighted by atomic mass is 79.9. The Bertz CT molecular complexity index is 422. The minimum absolute atomic E-state index is 0.373. The summed E-state index contributed by atoms with van der Waals surface area (Å²) in [5.41, 5.74) is 0.881. The molecule has 4 nitrogen and oxygen atoms in total. The molecule has 0 saturated carbocycles. The molecule has 0 aromatic heterocycles. The van der Waals surface area contributed by atoms with Crippen LogP contribution in [0.3, 0.4) is 0 Å². The van der Waals surface area contributed by atoms with Crippen molar-refractivity contribution in [3.8, 4) is 0 Å². The molecular weight excluding hydrogens is 282 g/mol. The van der Waals surface area contributed by atoms with Gasteiger partial charge in [-0.25, -0.2) is 0 Å². The van der Waals surface area contributed by atoms with Gasteiger partial charge in [-0.2, -0.15) is 0 Å². The monoisotopic (exact) mass is 297 g/mol. The highest BCUT2D eigenvalue weighted by Crippen LogP contribution is 2.22. The summed E-state index contributed by atoms with van der Waals surface area (Å²) in [6, 6.07) is 8.04. The van der Waals surface area contributed by atoms with Crippen molar-refractivity contribution >= 4 is 21.9 Å². The zero-order valence-electron chi connectivity index (χ0n) is 9.65. The van der Waals surface area contributed by atoms with Crippen LogP contribution in [0.5, 0.6) is 0 Å². The normalized spacial score (nSPS) is 20.6. The molecule has 2 unspecified atom stereocenters. The van der Waals surface area contributed by atoms with Crippen molar-refractivity contribution in [2.24, 2.45) is 4.99 Å². The van der Waals surface area contributed by atoms with Gasteiger partial charge < -0.3 is 15.7 Å². The van der Waals surface area contributed by atoms with Gasteiger partial charge in [0.1, 0.15) is 0 Å². The zero-order chi connectivity index (χ0) is 12.3. The summed E-state index contributed by atoms with van der Waals surface area (Å²) in [7, 11) is 0. The Kier molecular flexibility index (Phi) is 4.02. The van der Waals surface area contributed by atoms with Crippen LogP contribution in [0.4, 0.5) is 0 Å². The molecule has 0 fully saturated rings. The Hall–Kier alpha value is -1.07. The molecule has 92 valence electrons. The van der Waals surface area contributed by atoms with E-state index in [0.29, 0.717) is 12.6 Å². The fourth-order valence-corrected chi connectivity index (χ4v) is 2.26. The minimum Gasteiger partial charge on any atom is -0.387 e. The van der Waals surface area contributed by atoms with E-state index in [-0.39, 0.29) is 0 Å². The van der Waals surface area contributed by atoms with Crippen molar-refractivity contribution in [3.63, 3.8) is 0 Å². The summed E-state index contributed by atoms with van der Waals surface area (Å²) >= 11 is 3.43. The van der Waals surface area contributed by atoms with Crippen molar-refractivity contribution in [3.05, 3.63) is 34.3 Å². The Morgan fingerprint density at radius 3 is 3.00 bits per heavy atom. The Morgan fingerprint density at radius 1 is 1.59 bits per heavy atom. The molecule has 2 rings (SSSR count). The average molecular weight is 298 g/mol. The van der Waals surface area contributed by atoms with Gasteiger partial charge in [0, 0.05) is 17.1 Å². The summed E-state index contributed by atoms with van der Waals surface area (Å²) < 4.78 is 0.920. The van der Waals surface area contributed by atoms with Crippen LogP contribution in [0, 0.1) is 0 Å². The number of rotatable bonds is 3. The van der Waals surface area contributed by atoms with Gasteiger partial charge in [-0.3, -0.25) is 4.99 Å². The van der Waals surface area contributed by atoms with Crippen molar-refractivity contribution in [1.29, 1.82) is 0 Å². The van der Waals surface area contributed by atoms with Crippen molar-refractivity contribution in [2.75, 3.05) is 13.1 Å². The maximum atomic E-state index is 10.1. The summed E-state index contributed by atoms with van der Waals surface area (Å²) in [5, 5.41) is 16.3. The van der Waals surface area contributed by atoms with Crippen LogP contribution in [-0.2, 0) is 0 Å². The number of hydrogen-bond acceptors (Lipinski definition) is 4. The van der Waals surface area contributed by atoms with Gasteiger partial charge in [-0.15, -0.1) is 0 Å². The second-order valence-corrected chi connectivity index (χ2v) is 5.01. The summed E-state index contributed by atoms with van der Waals surface area (Å²) in [5.74, 6) is 0.767. The number of benzene rings is 1. The lowest BCUT2D eigenvalue weighted by Crippen LogP contribution is -2.39.